The zero-order valence-corrected chi connectivity index (χ0v) is 16.2. The van der Waals surface area contributed by atoms with Crippen molar-refractivity contribution >= 4 is 6.98 Å². The summed E-state index contributed by atoms with van der Waals surface area (Å²) in [6.07, 6.45) is 9.04. The van der Waals surface area contributed by atoms with E-state index in [0.29, 0.717) is 0 Å². The van der Waals surface area contributed by atoms with E-state index < -0.39 is 19.0 Å². The van der Waals surface area contributed by atoms with E-state index in [4.69, 9.17) is 0 Å². The van der Waals surface area contributed by atoms with Crippen molar-refractivity contribution < 1.29 is 39.5 Å². The first-order chi connectivity index (χ1) is 12.8. The number of aromatic nitrogens is 1. The SMILES string of the molecule is CCCCCCCCCC[n+]1cccc(C)c1.F[B-](F)(F)C(F)(F)C(F)(F)F. The van der Waals surface area contributed by atoms with Crippen LogP contribution in [0.15, 0.2) is 24.5 Å². The maximum absolute atomic E-state index is 11.2. The van der Waals surface area contributed by atoms with Crippen molar-refractivity contribution in [2.45, 2.75) is 83.8 Å². The van der Waals surface area contributed by atoms with Gasteiger partial charge >= 0.3 is 19.0 Å². The minimum absolute atomic E-state index is 1.18. The molecule has 1 aromatic rings. The van der Waals surface area contributed by atoms with Gasteiger partial charge in [0.25, 0.3) is 0 Å². The van der Waals surface area contributed by atoms with Crippen LogP contribution in [0.1, 0.15) is 63.9 Å². The molecule has 0 fully saturated rings. The van der Waals surface area contributed by atoms with Gasteiger partial charge in [-0.25, -0.2) is 13.3 Å². The van der Waals surface area contributed by atoms with E-state index >= 15 is 0 Å². The zero-order chi connectivity index (χ0) is 21.8. The van der Waals surface area contributed by atoms with Crippen molar-refractivity contribution in [2.75, 3.05) is 0 Å². The first-order valence-electron chi connectivity index (χ1n) is 9.42. The van der Waals surface area contributed by atoms with Crippen molar-refractivity contribution in [1.29, 1.82) is 0 Å². The van der Waals surface area contributed by atoms with Gasteiger partial charge in [0.2, 0.25) is 0 Å². The Labute approximate surface area is 161 Å². The van der Waals surface area contributed by atoms with E-state index in [1.165, 1.54) is 63.5 Å². The normalized spacial score (nSPS) is 12.5. The van der Waals surface area contributed by atoms with Crippen LogP contribution < -0.4 is 4.57 Å². The molecule has 0 aliphatic heterocycles. The number of hydrogen-bond acceptors (Lipinski definition) is 0. The van der Waals surface area contributed by atoms with Gasteiger partial charge in [0, 0.05) is 18.1 Å². The fourth-order valence-corrected chi connectivity index (χ4v) is 2.41. The third kappa shape index (κ3) is 10.3. The summed E-state index contributed by atoms with van der Waals surface area (Å²) >= 11 is 0. The van der Waals surface area contributed by atoms with Crippen LogP contribution in [0, 0.1) is 6.92 Å². The summed E-state index contributed by atoms with van der Waals surface area (Å²) in [4.78, 5) is 0. The molecule has 0 bridgehead atoms. The van der Waals surface area contributed by atoms with Crippen molar-refractivity contribution in [1.82, 2.24) is 0 Å². The summed E-state index contributed by atoms with van der Waals surface area (Å²) in [6.45, 7) is -1.60. The predicted octanol–water partition coefficient (Wildman–Crippen LogP) is 6.99. The molecule has 10 heteroatoms. The van der Waals surface area contributed by atoms with Gasteiger partial charge < -0.3 is 12.9 Å². The Bertz CT molecular complexity index is 527. The molecule has 0 amide bonds. The van der Waals surface area contributed by atoms with Gasteiger partial charge in [-0.2, -0.15) is 13.2 Å². The van der Waals surface area contributed by atoms with E-state index in [1.807, 2.05) is 0 Å². The lowest BCUT2D eigenvalue weighted by molar-refractivity contribution is -0.697. The molecule has 0 radical (unpaired) electrons. The Hall–Kier alpha value is -1.35. The average molecular weight is 421 g/mol. The van der Waals surface area contributed by atoms with Crippen LogP contribution in [0.5, 0.6) is 0 Å². The van der Waals surface area contributed by atoms with Crippen LogP contribution in [-0.4, -0.2) is 19.0 Å². The maximum Gasteiger partial charge on any atom is 0.558 e. The molecule has 0 aliphatic rings. The van der Waals surface area contributed by atoms with Gasteiger partial charge in [0.15, 0.2) is 12.4 Å². The number of nitrogens with zero attached hydrogens (tertiary/aromatic N) is 1. The molecule has 1 rings (SSSR count). The largest absolute Gasteiger partial charge is 0.558 e. The van der Waals surface area contributed by atoms with Crippen molar-refractivity contribution in [2.24, 2.45) is 0 Å². The second kappa shape index (κ2) is 12.3. The summed E-state index contributed by atoms with van der Waals surface area (Å²) in [5, 5.41) is 0. The first-order valence-corrected chi connectivity index (χ1v) is 9.42. The summed E-state index contributed by atoms with van der Waals surface area (Å²) in [5.41, 5.74) is 1.35. The minimum atomic E-state index is -7.21. The van der Waals surface area contributed by atoms with Gasteiger partial charge in [-0.15, -0.1) is 0 Å². The molecule has 0 aromatic carbocycles. The number of halogens is 8. The second-order valence-electron chi connectivity index (χ2n) is 6.79. The quantitative estimate of drug-likeness (QED) is 0.166. The van der Waals surface area contributed by atoms with E-state index in [0.717, 1.165) is 0 Å². The summed E-state index contributed by atoms with van der Waals surface area (Å²) in [6, 6.07) is 4.30. The lowest BCUT2D eigenvalue weighted by Crippen LogP contribution is -2.53. The van der Waals surface area contributed by atoms with Crippen LogP contribution in [-0.2, 0) is 6.54 Å². The molecule has 0 saturated heterocycles. The van der Waals surface area contributed by atoms with Gasteiger partial charge in [0.05, 0.1) is 0 Å². The van der Waals surface area contributed by atoms with E-state index in [9.17, 15) is 34.9 Å². The molecule has 1 aromatic heterocycles. The highest BCUT2D eigenvalue weighted by molar-refractivity contribution is 6.61. The first kappa shape index (κ1) is 26.7. The fraction of sp³-hybridized carbons (Fsp3) is 0.722. The lowest BCUT2D eigenvalue weighted by atomic mass is 9.80. The number of pyridine rings is 1. The molecule has 0 aliphatic carbocycles. The molecular weight excluding hydrogens is 393 g/mol. The van der Waals surface area contributed by atoms with Crippen molar-refractivity contribution in [3.8, 4) is 0 Å². The van der Waals surface area contributed by atoms with Crippen LogP contribution in [0.4, 0.5) is 34.9 Å². The molecular formula is C18H28BF8N. The second-order valence-corrected chi connectivity index (χ2v) is 6.79. The lowest BCUT2D eigenvalue weighted by Gasteiger charge is -2.28. The van der Waals surface area contributed by atoms with Gasteiger partial charge in [-0.05, 0) is 19.4 Å². The molecule has 1 nitrogen and oxygen atoms in total. The molecule has 0 N–H and O–H groups in total. The number of aryl methyl sites for hydroxylation is 2. The summed E-state index contributed by atoms with van der Waals surface area (Å²) in [7, 11) is 0. The summed E-state index contributed by atoms with van der Waals surface area (Å²) in [5.74, 6) is -6.56. The third-order valence-electron chi connectivity index (χ3n) is 4.07. The number of hydrogen-bond donors (Lipinski definition) is 0. The van der Waals surface area contributed by atoms with E-state index in [-0.39, 0.29) is 0 Å². The van der Waals surface area contributed by atoms with E-state index in [2.05, 4.69) is 42.9 Å². The Balaban J connectivity index is 0.000000576. The van der Waals surface area contributed by atoms with Gasteiger partial charge in [-0.1, -0.05) is 45.4 Å². The Morgan fingerprint density at radius 3 is 1.75 bits per heavy atom. The van der Waals surface area contributed by atoms with Crippen molar-refractivity contribution in [3.05, 3.63) is 30.1 Å². The smallest absolute Gasteiger partial charge is 0.445 e. The fourth-order valence-electron chi connectivity index (χ4n) is 2.41. The average Bonchev–Trinajstić information content (AvgIpc) is 2.56. The topological polar surface area (TPSA) is 3.88 Å². The molecule has 0 unspecified atom stereocenters. The third-order valence-corrected chi connectivity index (χ3v) is 4.07. The van der Waals surface area contributed by atoms with Gasteiger partial charge in [-0.3, -0.25) is 0 Å². The maximum atomic E-state index is 11.2. The Morgan fingerprint density at radius 2 is 1.36 bits per heavy atom. The molecule has 0 saturated carbocycles. The monoisotopic (exact) mass is 421 g/mol. The molecule has 0 spiro atoms. The highest BCUT2D eigenvalue weighted by atomic mass is 19.4. The molecule has 28 heavy (non-hydrogen) atoms. The van der Waals surface area contributed by atoms with E-state index in [1.54, 1.807) is 0 Å². The highest BCUT2D eigenvalue weighted by Gasteiger charge is 2.69. The zero-order valence-electron chi connectivity index (χ0n) is 16.2. The Morgan fingerprint density at radius 1 is 0.857 bits per heavy atom. The van der Waals surface area contributed by atoms with Crippen LogP contribution >= 0.6 is 0 Å². The van der Waals surface area contributed by atoms with Crippen LogP contribution in [0.2, 0.25) is 0 Å². The molecule has 0 atom stereocenters. The molecule has 164 valence electrons. The Kier molecular flexibility index (Phi) is 11.7. The standard InChI is InChI=1S/C16H28N.C2BF8/c1-3-4-5-6-7-8-9-10-13-17-14-11-12-16(2)15-17;4-1(5,2(6,7)8)3(9,10)11/h11-12,14-15H,3-10,13H2,1-2H3;/q+1;-1. The highest BCUT2D eigenvalue weighted by Crippen LogP contribution is 2.44. The number of alkyl halides is 5. The summed E-state index contributed by atoms with van der Waals surface area (Å²) < 4.78 is 90.1. The predicted molar refractivity (Wildman–Crippen MR) is 94.1 cm³/mol. The van der Waals surface area contributed by atoms with Crippen LogP contribution in [0.3, 0.4) is 0 Å². The van der Waals surface area contributed by atoms with Gasteiger partial charge in [0.1, 0.15) is 6.54 Å². The molecule has 1 heterocycles. The number of rotatable bonds is 10. The number of unbranched alkanes of at least 4 members (excludes halogenated alkanes) is 7. The minimum Gasteiger partial charge on any atom is -0.445 e. The van der Waals surface area contributed by atoms with Crippen molar-refractivity contribution in [3.63, 3.8) is 0 Å². The van der Waals surface area contributed by atoms with Crippen LogP contribution in [0.25, 0.3) is 0 Å².